The number of hydrogen-bond donors (Lipinski definition) is 1. The van der Waals surface area contributed by atoms with Gasteiger partial charge in [-0.1, -0.05) is 19.1 Å². The Balaban J connectivity index is 1.95. The molecule has 2 atom stereocenters. The Hall–Kier alpha value is -1.02. The van der Waals surface area contributed by atoms with Crippen LogP contribution in [0.4, 0.5) is 5.69 Å². The molecule has 0 aromatic heterocycles. The number of alkyl halides is 1. The minimum Gasteiger partial charge on any atom is -0.326 e. The smallest absolute Gasteiger partial charge is 0.227 e. The fourth-order valence-electron chi connectivity index (χ4n) is 1.60. The van der Waals surface area contributed by atoms with Gasteiger partial charge in [0.2, 0.25) is 5.91 Å². The van der Waals surface area contributed by atoms with Crippen molar-refractivity contribution in [2.75, 3.05) is 5.32 Å². The predicted molar refractivity (Wildman–Crippen MR) is 61.9 cm³/mol. The number of anilines is 1. The van der Waals surface area contributed by atoms with Gasteiger partial charge in [0.05, 0.1) is 0 Å². The summed E-state index contributed by atoms with van der Waals surface area (Å²) < 4.78 is 0. The highest BCUT2D eigenvalue weighted by atomic mass is 35.5. The molecule has 2 unspecified atom stereocenters. The first-order chi connectivity index (χ1) is 7.20. The van der Waals surface area contributed by atoms with Gasteiger partial charge in [-0.25, -0.2) is 0 Å². The Labute approximate surface area is 94.6 Å². The van der Waals surface area contributed by atoms with E-state index in [0.717, 1.165) is 17.7 Å². The van der Waals surface area contributed by atoms with Gasteiger partial charge in [-0.3, -0.25) is 4.79 Å². The Bertz CT molecular complexity index is 360. The van der Waals surface area contributed by atoms with E-state index < -0.39 is 0 Å². The second kappa shape index (κ2) is 4.23. The maximum atomic E-state index is 11.6. The van der Waals surface area contributed by atoms with Crippen LogP contribution in [0.1, 0.15) is 18.9 Å². The summed E-state index contributed by atoms with van der Waals surface area (Å²) in [5, 5.41) is 2.90. The molecule has 0 radical (unpaired) electrons. The summed E-state index contributed by atoms with van der Waals surface area (Å²) in [4.78, 5) is 11.6. The molecular weight excluding hydrogens is 210 g/mol. The minimum atomic E-state index is 0.140. The quantitative estimate of drug-likeness (QED) is 0.785. The molecule has 0 saturated heterocycles. The van der Waals surface area contributed by atoms with Crippen molar-refractivity contribution in [3.8, 4) is 0 Å². The van der Waals surface area contributed by atoms with Crippen LogP contribution in [0.15, 0.2) is 24.3 Å². The molecule has 15 heavy (non-hydrogen) atoms. The lowest BCUT2D eigenvalue weighted by molar-refractivity contribution is -0.117. The van der Waals surface area contributed by atoms with Crippen LogP contribution in [0.2, 0.25) is 0 Å². The lowest BCUT2D eigenvalue weighted by Crippen LogP contribution is -2.14. The summed E-state index contributed by atoms with van der Waals surface area (Å²) in [6.45, 7) is 2.10. The van der Waals surface area contributed by atoms with Crippen molar-refractivity contribution >= 4 is 23.2 Å². The molecule has 0 spiro atoms. The Morgan fingerprint density at radius 1 is 1.47 bits per heavy atom. The first-order valence-electron chi connectivity index (χ1n) is 5.16. The van der Waals surface area contributed by atoms with Crippen LogP contribution in [0.5, 0.6) is 0 Å². The molecule has 1 amide bonds. The number of nitrogens with one attached hydrogen (secondary N) is 1. The summed E-state index contributed by atoms with van der Waals surface area (Å²) in [5.41, 5.74) is 1.92. The monoisotopic (exact) mass is 223 g/mol. The Morgan fingerprint density at radius 2 is 2.07 bits per heavy atom. The highest BCUT2D eigenvalue weighted by Crippen LogP contribution is 2.38. The van der Waals surface area contributed by atoms with Crippen LogP contribution in [-0.4, -0.2) is 5.91 Å². The van der Waals surface area contributed by atoms with Crippen molar-refractivity contribution in [3.63, 3.8) is 0 Å². The van der Waals surface area contributed by atoms with E-state index in [1.165, 1.54) is 0 Å². The molecule has 1 N–H and O–H groups in total. The zero-order valence-corrected chi connectivity index (χ0v) is 9.42. The van der Waals surface area contributed by atoms with E-state index in [9.17, 15) is 4.79 Å². The van der Waals surface area contributed by atoms with Gasteiger partial charge in [-0.15, -0.1) is 11.6 Å². The van der Waals surface area contributed by atoms with Crippen LogP contribution in [0, 0.1) is 11.8 Å². The van der Waals surface area contributed by atoms with Gasteiger partial charge in [0.25, 0.3) is 0 Å². The second-order valence-electron chi connectivity index (χ2n) is 4.14. The molecule has 1 aromatic carbocycles. The zero-order chi connectivity index (χ0) is 10.8. The van der Waals surface area contributed by atoms with Gasteiger partial charge >= 0.3 is 0 Å². The fourth-order valence-corrected chi connectivity index (χ4v) is 1.78. The lowest BCUT2D eigenvalue weighted by atomic mass is 10.2. The van der Waals surface area contributed by atoms with Gasteiger partial charge in [-0.05, 0) is 30.0 Å². The third kappa shape index (κ3) is 2.51. The number of hydrogen-bond acceptors (Lipinski definition) is 1. The van der Waals surface area contributed by atoms with E-state index in [1.54, 1.807) is 0 Å². The molecule has 1 aliphatic carbocycles. The minimum absolute atomic E-state index is 0.140. The van der Waals surface area contributed by atoms with Gasteiger partial charge in [0, 0.05) is 17.5 Å². The maximum Gasteiger partial charge on any atom is 0.227 e. The summed E-state index contributed by atoms with van der Waals surface area (Å²) in [5.74, 6) is 1.42. The molecule has 0 heterocycles. The molecule has 1 fully saturated rings. The second-order valence-corrected chi connectivity index (χ2v) is 4.41. The van der Waals surface area contributed by atoms with E-state index in [0.29, 0.717) is 11.8 Å². The first kappa shape index (κ1) is 10.5. The van der Waals surface area contributed by atoms with Crippen molar-refractivity contribution in [3.05, 3.63) is 29.8 Å². The van der Waals surface area contributed by atoms with Crippen LogP contribution >= 0.6 is 11.6 Å². The first-order valence-corrected chi connectivity index (χ1v) is 5.70. The molecule has 2 rings (SSSR count). The third-order valence-electron chi connectivity index (χ3n) is 2.82. The van der Waals surface area contributed by atoms with Crippen molar-refractivity contribution < 1.29 is 4.79 Å². The molecular formula is C12H14ClNO. The van der Waals surface area contributed by atoms with E-state index in [4.69, 9.17) is 11.6 Å². The van der Waals surface area contributed by atoms with E-state index in [2.05, 4.69) is 12.2 Å². The maximum absolute atomic E-state index is 11.6. The Kier molecular flexibility index (Phi) is 2.96. The molecule has 1 saturated carbocycles. The third-order valence-corrected chi connectivity index (χ3v) is 3.13. The number of rotatable bonds is 3. The number of amides is 1. The molecule has 1 aromatic rings. The predicted octanol–water partition coefficient (Wildman–Crippen LogP) is 3.02. The van der Waals surface area contributed by atoms with E-state index in [-0.39, 0.29) is 11.8 Å². The van der Waals surface area contributed by atoms with Crippen LogP contribution in [0.25, 0.3) is 0 Å². The van der Waals surface area contributed by atoms with Gasteiger partial charge in [-0.2, -0.15) is 0 Å². The van der Waals surface area contributed by atoms with Crippen LogP contribution < -0.4 is 5.32 Å². The molecule has 1 aliphatic rings. The number of halogens is 1. The Morgan fingerprint density at radius 3 is 2.53 bits per heavy atom. The van der Waals surface area contributed by atoms with Gasteiger partial charge < -0.3 is 5.32 Å². The molecule has 80 valence electrons. The van der Waals surface area contributed by atoms with Crippen molar-refractivity contribution in [2.45, 2.75) is 19.2 Å². The lowest BCUT2D eigenvalue weighted by Gasteiger charge is -2.04. The average molecular weight is 224 g/mol. The van der Waals surface area contributed by atoms with E-state index >= 15 is 0 Å². The SMILES string of the molecule is CC1CC1C(=O)Nc1ccc(CCl)cc1. The number of carbonyl (C=O) groups is 1. The van der Waals surface area contributed by atoms with Crippen LogP contribution in [0.3, 0.4) is 0 Å². The topological polar surface area (TPSA) is 29.1 Å². The van der Waals surface area contributed by atoms with Crippen molar-refractivity contribution in [2.24, 2.45) is 11.8 Å². The number of carbonyl (C=O) groups excluding carboxylic acids is 1. The normalized spacial score (nSPS) is 23.6. The molecule has 0 bridgehead atoms. The molecule has 3 heteroatoms. The summed E-state index contributed by atoms with van der Waals surface area (Å²) in [6, 6.07) is 7.64. The highest BCUT2D eigenvalue weighted by Gasteiger charge is 2.38. The van der Waals surface area contributed by atoms with Crippen molar-refractivity contribution in [1.82, 2.24) is 0 Å². The molecule has 0 aliphatic heterocycles. The standard InChI is InChI=1S/C12H14ClNO/c1-8-6-11(8)12(15)14-10-4-2-9(7-13)3-5-10/h2-5,8,11H,6-7H2,1H3,(H,14,15). The average Bonchev–Trinajstić information content (AvgIpc) is 2.97. The zero-order valence-electron chi connectivity index (χ0n) is 8.66. The van der Waals surface area contributed by atoms with Crippen LogP contribution in [-0.2, 0) is 10.7 Å². The summed E-state index contributed by atoms with van der Waals surface area (Å²) in [7, 11) is 0. The summed E-state index contributed by atoms with van der Waals surface area (Å²) in [6.07, 6.45) is 1.02. The highest BCUT2D eigenvalue weighted by molar-refractivity contribution is 6.17. The van der Waals surface area contributed by atoms with Crippen molar-refractivity contribution in [1.29, 1.82) is 0 Å². The van der Waals surface area contributed by atoms with Gasteiger partial charge in [0.1, 0.15) is 0 Å². The van der Waals surface area contributed by atoms with Gasteiger partial charge in [0.15, 0.2) is 0 Å². The van der Waals surface area contributed by atoms with E-state index in [1.807, 2.05) is 24.3 Å². The molecule has 2 nitrogen and oxygen atoms in total. The number of benzene rings is 1. The fraction of sp³-hybridized carbons (Fsp3) is 0.417. The summed E-state index contributed by atoms with van der Waals surface area (Å²) >= 11 is 5.68. The largest absolute Gasteiger partial charge is 0.326 e.